The first kappa shape index (κ1) is 16.0. The first-order chi connectivity index (χ1) is 10.8. The van der Waals surface area contributed by atoms with Crippen molar-refractivity contribution in [1.29, 1.82) is 0 Å². The van der Waals surface area contributed by atoms with Crippen LogP contribution in [0.4, 0.5) is 4.39 Å². The molecule has 0 N–H and O–H groups in total. The van der Waals surface area contributed by atoms with Crippen LogP contribution in [0.1, 0.15) is 62.8 Å². The van der Waals surface area contributed by atoms with Gasteiger partial charge in [-0.15, -0.1) is 0 Å². The standard InChI is InChI=1S/C20H29FO/c1-22-14-15-5-7-16(8-6-15)17-9-11-18(12-10-17)19-3-2-4-20(21)13-19/h2-4,13,15-18H,5-12,14H2,1H3. The zero-order valence-electron chi connectivity index (χ0n) is 13.8. The maximum Gasteiger partial charge on any atom is 0.123 e. The highest BCUT2D eigenvalue weighted by Gasteiger charge is 2.31. The summed E-state index contributed by atoms with van der Waals surface area (Å²) in [6, 6.07) is 7.24. The number of hydrogen-bond acceptors (Lipinski definition) is 1. The molecule has 3 rings (SSSR count). The van der Waals surface area contributed by atoms with Crippen LogP contribution in [0.2, 0.25) is 0 Å². The molecule has 2 fully saturated rings. The highest BCUT2D eigenvalue weighted by molar-refractivity contribution is 5.21. The van der Waals surface area contributed by atoms with Crippen LogP contribution in [0.25, 0.3) is 0 Å². The lowest BCUT2D eigenvalue weighted by Gasteiger charge is -2.38. The molecule has 0 heterocycles. The lowest BCUT2D eigenvalue weighted by molar-refractivity contribution is 0.0968. The van der Waals surface area contributed by atoms with Gasteiger partial charge in [-0.25, -0.2) is 4.39 Å². The SMILES string of the molecule is COCC1CCC(C2CCC(c3cccc(F)c3)CC2)CC1. The molecule has 0 aromatic heterocycles. The van der Waals surface area contributed by atoms with Gasteiger partial charge in [0.1, 0.15) is 5.82 Å². The van der Waals surface area contributed by atoms with Gasteiger partial charge >= 0.3 is 0 Å². The van der Waals surface area contributed by atoms with Crippen LogP contribution in [-0.2, 0) is 4.74 Å². The third kappa shape index (κ3) is 3.90. The predicted octanol–water partition coefficient (Wildman–Crippen LogP) is 5.55. The van der Waals surface area contributed by atoms with Gasteiger partial charge in [-0.1, -0.05) is 12.1 Å². The quantitative estimate of drug-likeness (QED) is 0.708. The number of hydrogen-bond donors (Lipinski definition) is 0. The summed E-state index contributed by atoms with van der Waals surface area (Å²) in [6.45, 7) is 0.943. The number of ether oxygens (including phenoxy) is 1. The van der Waals surface area contributed by atoms with Crippen molar-refractivity contribution in [2.45, 2.75) is 57.3 Å². The third-order valence-electron chi connectivity index (χ3n) is 6.05. The zero-order valence-corrected chi connectivity index (χ0v) is 13.8. The normalized spacial score (nSPS) is 32.8. The minimum atomic E-state index is -0.0870. The predicted molar refractivity (Wildman–Crippen MR) is 88.4 cm³/mol. The molecule has 22 heavy (non-hydrogen) atoms. The molecule has 1 aromatic rings. The lowest BCUT2D eigenvalue weighted by Crippen LogP contribution is -2.26. The van der Waals surface area contributed by atoms with Gasteiger partial charge in [0.15, 0.2) is 0 Å². The topological polar surface area (TPSA) is 9.23 Å². The van der Waals surface area contributed by atoms with Crippen molar-refractivity contribution >= 4 is 0 Å². The Hall–Kier alpha value is -0.890. The van der Waals surface area contributed by atoms with E-state index in [2.05, 4.69) is 6.07 Å². The molecule has 1 aromatic carbocycles. The van der Waals surface area contributed by atoms with E-state index in [0.717, 1.165) is 24.4 Å². The molecule has 0 atom stereocenters. The van der Waals surface area contributed by atoms with Gasteiger partial charge in [-0.05, 0) is 92.7 Å². The molecule has 0 saturated heterocycles. The van der Waals surface area contributed by atoms with Gasteiger partial charge in [0.25, 0.3) is 0 Å². The first-order valence-corrected chi connectivity index (χ1v) is 9.00. The Balaban J connectivity index is 1.48. The summed E-state index contributed by atoms with van der Waals surface area (Å²) >= 11 is 0. The maximum atomic E-state index is 13.4. The van der Waals surface area contributed by atoms with Gasteiger partial charge in [0.2, 0.25) is 0 Å². The van der Waals surface area contributed by atoms with E-state index in [4.69, 9.17) is 4.74 Å². The third-order valence-corrected chi connectivity index (χ3v) is 6.05. The molecule has 0 radical (unpaired) electrons. The van der Waals surface area contributed by atoms with Gasteiger partial charge < -0.3 is 4.74 Å². The summed E-state index contributed by atoms with van der Waals surface area (Å²) in [5.41, 5.74) is 1.21. The van der Waals surface area contributed by atoms with E-state index >= 15 is 0 Å². The molecule has 122 valence electrons. The van der Waals surface area contributed by atoms with Gasteiger partial charge in [0.05, 0.1) is 0 Å². The summed E-state index contributed by atoms with van der Waals surface area (Å²) in [4.78, 5) is 0. The number of halogens is 1. The van der Waals surface area contributed by atoms with Crippen molar-refractivity contribution in [3.63, 3.8) is 0 Å². The smallest absolute Gasteiger partial charge is 0.123 e. The maximum absolute atomic E-state index is 13.4. The fraction of sp³-hybridized carbons (Fsp3) is 0.700. The van der Waals surface area contributed by atoms with Crippen LogP contribution in [0, 0.1) is 23.6 Å². The van der Waals surface area contributed by atoms with Crippen LogP contribution < -0.4 is 0 Å². The van der Waals surface area contributed by atoms with Crippen molar-refractivity contribution in [3.05, 3.63) is 35.6 Å². The van der Waals surface area contributed by atoms with Crippen molar-refractivity contribution in [1.82, 2.24) is 0 Å². The summed E-state index contributed by atoms with van der Waals surface area (Å²) in [5.74, 6) is 3.13. The molecular formula is C20H29FO. The van der Waals surface area contributed by atoms with E-state index in [-0.39, 0.29) is 5.82 Å². The van der Waals surface area contributed by atoms with Crippen LogP contribution in [0.3, 0.4) is 0 Å². The number of methoxy groups -OCH3 is 1. The van der Waals surface area contributed by atoms with Gasteiger partial charge in [0, 0.05) is 13.7 Å². The Morgan fingerprint density at radius 1 is 0.955 bits per heavy atom. The van der Waals surface area contributed by atoms with E-state index in [1.807, 2.05) is 13.2 Å². The van der Waals surface area contributed by atoms with Crippen molar-refractivity contribution in [2.75, 3.05) is 13.7 Å². The molecule has 0 aliphatic heterocycles. The minimum absolute atomic E-state index is 0.0870. The Morgan fingerprint density at radius 3 is 2.18 bits per heavy atom. The zero-order chi connectivity index (χ0) is 15.4. The highest BCUT2D eigenvalue weighted by atomic mass is 19.1. The largest absolute Gasteiger partial charge is 0.384 e. The van der Waals surface area contributed by atoms with Crippen molar-refractivity contribution < 1.29 is 9.13 Å². The molecule has 0 amide bonds. The second-order valence-electron chi connectivity index (χ2n) is 7.40. The number of rotatable bonds is 4. The molecule has 1 nitrogen and oxygen atoms in total. The molecule has 0 bridgehead atoms. The van der Waals surface area contributed by atoms with Crippen LogP contribution in [0.15, 0.2) is 24.3 Å². The highest BCUT2D eigenvalue weighted by Crippen LogP contribution is 2.43. The molecular weight excluding hydrogens is 275 g/mol. The monoisotopic (exact) mass is 304 g/mol. The van der Waals surface area contributed by atoms with Crippen LogP contribution >= 0.6 is 0 Å². The fourth-order valence-corrected chi connectivity index (χ4v) is 4.75. The van der Waals surface area contributed by atoms with Crippen molar-refractivity contribution in [2.24, 2.45) is 17.8 Å². The van der Waals surface area contributed by atoms with E-state index in [9.17, 15) is 4.39 Å². The van der Waals surface area contributed by atoms with E-state index in [0.29, 0.717) is 5.92 Å². The minimum Gasteiger partial charge on any atom is -0.384 e. The average Bonchev–Trinajstić information content (AvgIpc) is 2.56. The van der Waals surface area contributed by atoms with Crippen LogP contribution in [0.5, 0.6) is 0 Å². The Kier molecular flexibility index (Phi) is 5.51. The second kappa shape index (κ2) is 7.59. The molecule has 0 spiro atoms. The summed E-state index contributed by atoms with van der Waals surface area (Å²) in [7, 11) is 1.82. The molecule has 2 heteroatoms. The molecule has 2 saturated carbocycles. The molecule has 0 unspecified atom stereocenters. The first-order valence-electron chi connectivity index (χ1n) is 9.00. The van der Waals surface area contributed by atoms with Crippen LogP contribution in [-0.4, -0.2) is 13.7 Å². The summed E-state index contributed by atoms with van der Waals surface area (Å²) in [5, 5.41) is 0. The Labute approximate surface area is 134 Å². The molecule has 2 aliphatic rings. The van der Waals surface area contributed by atoms with E-state index in [1.165, 1.54) is 56.9 Å². The fourth-order valence-electron chi connectivity index (χ4n) is 4.75. The number of benzene rings is 1. The van der Waals surface area contributed by atoms with Crippen molar-refractivity contribution in [3.8, 4) is 0 Å². The van der Waals surface area contributed by atoms with Gasteiger partial charge in [-0.2, -0.15) is 0 Å². The van der Waals surface area contributed by atoms with Gasteiger partial charge in [-0.3, -0.25) is 0 Å². The van der Waals surface area contributed by atoms with E-state index in [1.54, 1.807) is 12.1 Å². The molecule has 2 aliphatic carbocycles. The Bertz CT molecular complexity index is 457. The average molecular weight is 304 g/mol. The van der Waals surface area contributed by atoms with E-state index < -0.39 is 0 Å². The summed E-state index contributed by atoms with van der Waals surface area (Å²) in [6.07, 6.45) is 10.6. The summed E-state index contributed by atoms with van der Waals surface area (Å²) < 4.78 is 18.7. The second-order valence-corrected chi connectivity index (χ2v) is 7.40. The Morgan fingerprint density at radius 2 is 1.59 bits per heavy atom. The lowest BCUT2D eigenvalue weighted by atomic mass is 9.68.